The average Bonchev–Trinajstić information content (AvgIpc) is 2.95. The molecule has 2 N–H and O–H groups in total. The zero-order chi connectivity index (χ0) is 10.4. The molecule has 14 heavy (non-hydrogen) atoms. The Labute approximate surface area is 86.3 Å². The van der Waals surface area contributed by atoms with E-state index < -0.39 is 0 Å². The van der Waals surface area contributed by atoms with E-state index >= 15 is 0 Å². The molecular formula is C10H22N2O2. The molecular weight excluding hydrogens is 180 g/mol. The molecule has 1 unspecified atom stereocenters. The molecule has 0 amide bonds. The van der Waals surface area contributed by atoms with Crippen molar-refractivity contribution in [2.24, 2.45) is 5.73 Å². The van der Waals surface area contributed by atoms with Crippen molar-refractivity contribution < 1.29 is 9.47 Å². The van der Waals surface area contributed by atoms with E-state index in [4.69, 9.17) is 15.2 Å². The largest absolute Gasteiger partial charge is 0.383 e. The minimum absolute atomic E-state index is 0.123. The first-order chi connectivity index (χ1) is 6.77. The highest BCUT2D eigenvalue weighted by Crippen LogP contribution is 2.26. The maximum absolute atomic E-state index is 5.91. The molecule has 1 fully saturated rings. The van der Waals surface area contributed by atoms with Gasteiger partial charge < -0.3 is 15.2 Å². The highest BCUT2D eigenvalue weighted by Gasteiger charge is 2.29. The summed E-state index contributed by atoms with van der Waals surface area (Å²) in [6, 6.07) is 0.866. The molecule has 0 spiro atoms. The Morgan fingerprint density at radius 2 is 2.07 bits per heavy atom. The van der Waals surface area contributed by atoms with E-state index in [2.05, 4.69) is 4.90 Å². The third-order valence-electron chi connectivity index (χ3n) is 2.50. The van der Waals surface area contributed by atoms with Crippen molar-refractivity contribution in [2.45, 2.75) is 24.9 Å². The first-order valence-electron chi connectivity index (χ1n) is 5.25. The van der Waals surface area contributed by atoms with Crippen LogP contribution in [0, 0.1) is 0 Å². The van der Waals surface area contributed by atoms with Crippen LogP contribution in [0.2, 0.25) is 0 Å². The van der Waals surface area contributed by atoms with Gasteiger partial charge in [0.05, 0.1) is 13.2 Å². The summed E-state index contributed by atoms with van der Waals surface area (Å²) < 4.78 is 10.1. The Hall–Kier alpha value is -0.160. The second-order valence-corrected chi connectivity index (χ2v) is 3.93. The zero-order valence-corrected chi connectivity index (χ0v) is 9.24. The molecule has 0 aromatic heterocycles. The Balaban J connectivity index is 2.20. The lowest BCUT2D eigenvalue weighted by atomic mass is 10.3. The van der Waals surface area contributed by atoms with Crippen molar-refractivity contribution in [2.75, 3.05) is 40.5 Å². The van der Waals surface area contributed by atoms with Gasteiger partial charge in [0, 0.05) is 39.4 Å². The maximum atomic E-state index is 5.91. The van der Waals surface area contributed by atoms with Gasteiger partial charge in [-0.25, -0.2) is 0 Å². The van der Waals surface area contributed by atoms with Crippen LogP contribution in [0.4, 0.5) is 0 Å². The van der Waals surface area contributed by atoms with Gasteiger partial charge in [-0.05, 0) is 12.8 Å². The van der Waals surface area contributed by atoms with Crippen molar-refractivity contribution in [1.29, 1.82) is 0 Å². The van der Waals surface area contributed by atoms with Gasteiger partial charge in [-0.15, -0.1) is 0 Å². The molecule has 1 saturated carbocycles. The topological polar surface area (TPSA) is 47.7 Å². The quantitative estimate of drug-likeness (QED) is 0.605. The van der Waals surface area contributed by atoms with Crippen LogP contribution in [-0.4, -0.2) is 57.5 Å². The molecule has 4 nitrogen and oxygen atoms in total. The summed E-state index contributed by atoms with van der Waals surface area (Å²) in [7, 11) is 3.43. The predicted molar refractivity (Wildman–Crippen MR) is 56.3 cm³/mol. The summed E-state index contributed by atoms with van der Waals surface area (Å²) in [6.45, 7) is 3.33. The fourth-order valence-electron chi connectivity index (χ4n) is 1.64. The van der Waals surface area contributed by atoms with Crippen LogP contribution in [0.3, 0.4) is 0 Å². The number of ether oxygens (including phenoxy) is 2. The van der Waals surface area contributed by atoms with Crippen molar-refractivity contribution >= 4 is 0 Å². The summed E-state index contributed by atoms with van der Waals surface area (Å²) in [6.07, 6.45) is 2.62. The third kappa shape index (κ3) is 4.37. The van der Waals surface area contributed by atoms with Gasteiger partial charge in [0.15, 0.2) is 0 Å². The lowest BCUT2D eigenvalue weighted by Crippen LogP contribution is -2.42. The molecule has 0 aromatic rings. The molecule has 0 radical (unpaired) electrons. The van der Waals surface area contributed by atoms with E-state index in [1.54, 1.807) is 14.2 Å². The molecule has 0 bridgehead atoms. The minimum atomic E-state index is 0.123. The van der Waals surface area contributed by atoms with Crippen molar-refractivity contribution in [3.05, 3.63) is 0 Å². The van der Waals surface area contributed by atoms with Gasteiger partial charge in [0.25, 0.3) is 0 Å². The van der Waals surface area contributed by atoms with Crippen LogP contribution < -0.4 is 5.73 Å². The minimum Gasteiger partial charge on any atom is -0.383 e. The Kier molecular flexibility index (Phi) is 5.40. The van der Waals surface area contributed by atoms with Gasteiger partial charge in [-0.3, -0.25) is 4.90 Å². The van der Waals surface area contributed by atoms with Crippen LogP contribution in [0.1, 0.15) is 12.8 Å². The molecule has 0 saturated heterocycles. The van der Waals surface area contributed by atoms with Crippen LogP contribution in [-0.2, 0) is 9.47 Å². The van der Waals surface area contributed by atoms with E-state index in [9.17, 15) is 0 Å². The molecule has 4 heteroatoms. The standard InChI is InChI=1S/C10H22N2O2/c1-13-6-5-12(10-3-4-10)7-9(11)8-14-2/h9-10H,3-8,11H2,1-2H3. The smallest absolute Gasteiger partial charge is 0.0626 e. The molecule has 1 atom stereocenters. The van der Waals surface area contributed by atoms with Gasteiger partial charge in [-0.1, -0.05) is 0 Å². The third-order valence-corrected chi connectivity index (χ3v) is 2.50. The lowest BCUT2D eigenvalue weighted by molar-refractivity contribution is 0.119. The van der Waals surface area contributed by atoms with Gasteiger partial charge in [0.2, 0.25) is 0 Å². The van der Waals surface area contributed by atoms with Gasteiger partial charge in [0.1, 0.15) is 0 Å². The summed E-state index contributed by atoms with van der Waals surface area (Å²) in [5, 5.41) is 0. The summed E-state index contributed by atoms with van der Waals surface area (Å²) in [5.74, 6) is 0. The number of hydrogen-bond donors (Lipinski definition) is 1. The highest BCUT2D eigenvalue weighted by molar-refractivity contribution is 4.86. The Bertz CT molecular complexity index is 151. The molecule has 1 aliphatic rings. The average molecular weight is 202 g/mol. The number of nitrogens with zero attached hydrogens (tertiary/aromatic N) is 1. The molecule has 0 aliphatic heterocycles. The van der Waals surface area contributed by atoms with Crippen LogP contribution in [0.25, 0.3) is 0 Å². The molecule has 84 valence electrons. The van der Waals surface area contributed by atoms with Crippen LogP contribution in [0.15, 0.2) is 0 Å². The fourth-order valence-corrected chi connectivity index (χ4v) is 1.64. The van der Waals surface area contributed by atoms with Crippen LogP contribution in [0.5, 0.6) is 0 Å². The molecule has 0 heterocycles. The number of methoxy groups -OCH3 is 2. The van der Waals surface area contributed by atoms with Crippen molar-refractivity contribution in [3.63, 3.8) is 0 Å². The van der Waals surface area contributed by atoms with Gasteiger partial charge in [-0.2, -0.15) is 0 Å². The first-order valence-corrected chi connectivity index (χ1v) is 5.25. The van der Waals surface area contributed by atoms with Crippen LogP contribution >= 0.6 is 0 Å². The highest BCUT2D eigenvalue weighted by atomic mass is 16.5. The van der Waals surface area contributed by atoms with Crippen molar-refractivity contribution in [3.8, 4) is 0 Å². The van der Waals surface area contributed by atoms with E-state index in [1.807, 2.05) is 0 Å². The SMILES string of the molecule is COCCN(CC(N)COC)C1CC1. The zero-order valence-electron chi connectivity index (χ0n) is 9.24. The number of hydrogen-bond acceptors (Lipinski definition) is 4. The van der Waals surface area contributed by atoms with E-state index in [0.29, 0.717) is 6.61 Å². The van der Waals surface area contributed by atoms with E-state index in [1.165, 1.54) is 12.8 Å². The number of rotatable bonds is 8. The normalized spacial score (nSPS) is 18.9. The second kappa shape index (κ2) is 6.35. The van der Waals surface area contributed by atoms with Gasteiger partial charge >= 0.3 is 0 Å². The molecule has 1 rings (SSSR count). The summed E-state index contributed by atoms with van der Waals surface area (Å²) >= 11 is 0. The molecule has 1 aliphatic carbocycles. The Morgan fingerprint density at radius 1 is 1.36 bits per heavy atom. The summed E-state index contributed by atoms with van der Waals surface area (Å²) in [4.78, 5) is 2.41. The fraction of sp³-hybridized carbons (Fsp3) is 1.00. The Morgan fingerprint density at radius 3 is 2.57 bits per heavy atom. The summed E-state index contributed by atoms with van der Waals surface area (Å²) in [5.41, 5.74) is 5.91. The van der Waals surface area contributed by atoms with E-state index in [0.717, 1.165) is 25.7 Å². The second-order valence-electron chi connectivity index (χ2n) is 3.93. The van der Waals surface area contributed by atoms with Crippen molar-refractivity contribution in [1.82, 2.24) is 4.90 Å². The lowest BCUT2D eigenvalue weighted by Gasteiger charge is -2.24. The van der Waals surface area contributed by atoms with E-state index in [-0.39, 0.29) is 6.04 Å². The monoisotopic (exact) mass is 202 g/mol. The predicted octanol–water partition coefficient (Wildman–Crippen LogP) is 0.0709. The maximum Gasteiger partial charge on any atom is 0.0626 e. The first kappa shape index (κ1) is 11.9. The number of nitrogens with two attached hydrogens (primary N) is 1. The molecule has 0 aromatic carbocycles.